The van der Waals surface area contributed by atoms with Crippen molar-refractivity contribution in [2.75, 3.05) is 0 Å². The first kappa shape index (κ1) is 11.2. The van der Waals surface area contributed by atoms with Crippen LogP contribution in [0.2, 0.25) is 0 Å². The first-order chi connectivity index (χ1) is 8.68. The van der Waals surface area contributed by atoms with E-state index in [-0.39, 0.29) is 18.4 Å². The lowest BCUT2D eigenvalue weighted by Gasteiger charge is -2.12. The second-order valence-corrected chi connectivity index (χ2v) is 4.79. The van der Waals surface area contributed by atoms with E-state index in [1.165, 1.54) is 4.90 Å². The van der Waals surface area contributed by atoms with Gasteiger partial charge in [-0.25, -0.2) is 0 Å². The summed E-state index contributed by atoms with van der Waals surface area (Å²) in [7, 11) is 0. The second kappa shape index (κ2) is 4.06. The molecule has 3 rings (SSSR count). The number of hydrogen-bond donors (Lipinski definition) is 1. The second-order valence-electron chi connectivity index (χ2n) is 3.94. The van der Waals surface area contributed by atoms with Crippen LogP contribution >= 0.6 is 15.9 Å². The summed E-state index contributed by atoms with van der Waals surface area (Å²) in [5, 5.41) is 6.60. The molecule has 2 amide bonds. The number of carbonyl (C=O) groups is 2. The number of carbonyl (C=O) groups excluding carboxylic acids is 2. The summed E-state index contributed by atoms with van der Waals surface area (Å²) < 4.78 is 0.749. The molecule has 0 radical (unpaired) electrons. The molecule has 5 nitrogen and oxygen atoms in total. The lowest BCUT2D eigenvalue weighted by molar-refractivity contribution is 0.0640. The Morgan fingerprint density at radius 3 is 2.28 bits per heavy atom. The van der Waals surface area contributed by atoms with Gasteiger partial charge in [-0.2, -0.15) is 5.10 Å². The van der Waals surface area contributed by atoms with E-state index in [0.717, 1.165) is 4.47 Å². The minimum absolute atomic E-state index is 0.187. The van der Waals surface area contributed by atoms with Gasteiger partial charge in [-0.15, -0.1) is 0 Å². The first-order valence-electron chi connectivity index (χ1n) is 5.31. The first-order valence-corrected chi connectivity index (χ1v) is 6.11. The van der Waals surface area contributed by atoms with E-state index in [1.807, 2.05) is 0 Å². The molecule has 0 spiro atoms. The molecule has 1 aromatic heterocycles. The van der Waals surface area contributed by atoms with Crippen molar-refractivity contribution in [2.45, 2.75) is 6.54 Å². The van der Waals surface area contributed by atoms with Gasteiger partial charge in [0.2, 0.25) is 0 Å². The van der Waals surface area contributed by atoms with Crippen LogP contribution in [0.15, 0.2) is 34.9 Å². The highest BCUT2D eigenvalue weighted by Crippen LogP contribution is 2.25. The highest BCUT2D eigenvalue weighted by atomic mass is 79.9. The number of amides is 2. The third-order valence-corrected chi connectivity index (χ3v) is 3.54. The number of H-pyrrole nitrogens is 1. The van der Waals surface area contributed by atoms with Crippen LogP contribution in [-0.2, 0) is 6.54 Å². The van der Waals surface area contributed by atoms with E-state index >= 15 is 0 Å². The summed E-state index contributed by atoms with van der Waals surface area (Å²) in [4.78, 5) is 25.4. The van der Waals surface area contributed by atoms with Gasteiger partial charge in [0.25, 0.3) is 11.8 Å². The van der Waals surface area contributed by atoms with E-state index < -0.39 is 0 Å². The molecule has 1 N–H and O–H groups in total. The van der Waals surface area contributed by atoms with Crippen molar-refractivity contribution in [1.29, 1.82) is 0 Å². The number of imide groups is 1. The normalized spacial score (nSPS) is 14.2. The molecule has 0 aliphatic carbocycles. The lowest BCUT2D eigenvalue weighted by Crippen LogP contribution is -2.29. The van der Waals surface area contributed by atoms with Crippen LogP contribution in [0.4, 0.5) is 0 Å². The maximum absolute atomic E-state index is 12.1. The predicted octanol–water partition coefficient (Wildman–Crippen LogP) is 1.97. The Hall–Kier alpha value is -1.95. The van der Waals surface area contributed by atoms with Crippen molar-refractivity contribution in [3.63, 3.8) is 0 Å². The highest BCUT2D eigenvalue weighted by molar-refractivity contribution is 9.10. The number of halogens is 1. The highest BCUT2D eigenvalue weighted by Gasteiger charge is 2.35. The van der Waals surface area contributed by atoms with Gasteiger partial charge in [0.1, 0.15) is 0 Å². The summed E-state index contributed by atoms with van der Waals surface area (Å²) in [6.45, 7) is 0.187. The minimum atomic E-state index is -0.267. The largest absolute Gasteiger partial charge is 0.280 e. The molecular weight excluding hydrogens is 298 g/mol. The van der Waals surface area contributed by atoms with Gasteiger partial charge in [0, 0.05) is 0 Å². The van der Waals surface area contributed by atoms with Crippen LogP contribution in [-0.4, -0.2) is 26.9 Å². The average Bonchev–Trinajstić information content (AvgIpc) is 2.89. The van der Waals surface area contributed by atoms with Gasteiger partial charge in [-0.3, -0.25) is 19.6 Å². The zero-order valence-electron chi connectivity index (χ0n) is 9.18. The van der Waals surface area contributed by atoms with Crippen LogP contribution < -0.4 is 0 Å². The van der Waals surface area contributed by atoms with Gasteiger partial charge in [0.05, 0.1) is 34.0 Å². The summed E-state index contributed by atoms with van der Waals surface area (Å²) in [6, 6.07) is 6.83. The molecule has 2 aromatic rings. The van der Waals surface area contributed by atoms with Crippen molar-refractivity contribution in [1.82, 2.24) is 15.1 Å². The molecule has 1 aromatic carbocycles. The summed E-state index contributed by atoms with van der Waals surface area (Å²) in [5.74, 6) is -0.533. The molecule has 2 heterocycles. The van der Waals surface area contributed by atoms with Crippen molar-refractivity contribution in [3.05, 3.63) is 51.8 Å². The third-order valence-electron chi connectivity index (χ3n) is 2.86. The molecule has 6 heteroatoms. The van der Waals surface area contributed by atoms with Crippen LogP contribution in [0.3, 0.4) is 0 Å². The lowest BCUT2D eigenvalue weighted by atomic mass is 10.1. The third kappa shape index (κ3) is 1.57. The fraction of sp³-hybridized carbons (Fsp3) is 0.0833. The molecule has 0 fully saturated rings. The molecule has 0 unspecified atom stereocenters. The Balaban J connectivity index is 1.95. The smallest absolute Gasteiger partial charge is 0.261 e. The molecule has 0 saturated carbocycles. The Morgan fingerprint density at radius 1 is 1.17 bits per heavy atom. The Morgan fingerprint density at radius 2 is 1.78 bits per heavy atom. The van der Waals surface area contributed by atoms with E-state index in [1.54, 1.807) is 30.5 Å². The number of hydrogen-bond acceptors (Lipinski definition) is 3. The van der Waals surface area contributed by atoms with Gasteiger partial charge >= 0.3 is 0 Å². The van der Waals surface area contributed by atoms with Gasteiger partial charge in [-0.1, -0.05) is 12.1 Å². The number of nitrogens with zero attached hydrogens (tertiary/aromatic N) is 2. The molecule has 0 bridgehead atoms. The van der Waals surface area contributed by atoms with Crippen LogP contribution in [0.5, 0.6) is 0 Å². The maximum atomic E-state index is 12.1. The van der Waals surface area contributed by atoms with Gasteiger partial charge in [-0.05, 0) is 28.1 Å². The Bertz CT molecular complexity index is 615. The number of benzene rings is 1. The topological polar surface area (TPSA) is 66.1 Å². The minimum Gasteiger partial charge on any atom is -0.280 e. The summed E-state index contributed by atoms with van der Waals surface area (Å²) >= 11 is 3.31. The Kier molecular flexibility index (Phi) is 2.52. The number of nitrogens with one attached hydrogen (secondary N) is 1. The SMILES string of the molecule is O=C1c2ccccc2C(=O)N1Cc1[nH]ncc1Br. The van der Waals surface area contributed by atoms with E-state index in [9.17, 15) is 9.59 Å². The average molecular weight is 306 g/mol. The number of fused-ring (bicyclic) bond motifs is 1. The van der Waals surface area contributed by atoms with Crippen LogP contribution in [0, 0.1) is 0 Å². The van der Waals surface area contributed by atoms with Crippen LogP contribution in [0.25, 0.3) is 0 Å². The monoisotopic (exact) mass is 305 g/mol. The standard InChI is InChI=1S/C12H8BrN3O2/c13-9-5-14-15-10(9)6-16-11(17)7-3-1-2-4-8(7)12(16)18/h1-5H,6H2,(H,14,15). The number of rotatable bonds is 2. The zero-order chi connectivity index (χ0) is 12.7. The maximum Gasteiger partial charge on any atom is 0.261 e. The molecule has 1 aliphatic heterocycles. The molecular formula is C12H8BrN3O2. The van der Waals surface area contributed by atoms with E-state index in [4.69, 9.17) is 0 Å². The van der Waals surface area contributed by atoms with Gasteiger partial charge in [0.15, 0.2) is 0 Å². The fourth-order valence-corrected chi connectivity index (χ4v) is 2.27. The predicted molar refractivity (Wildman–Crippen MR) is 66.9 cm³/mol. The molecule has 1 aliphatic rings. The molecule has 90 valence electrons. The Labute approximate surface area is 111 Å². The fourth-order valence-electron chi connectivity index (χ4n) is 1.95. The summed E-state index contributed by atoms with van der Waals surface area (Å²) in [6.07, 6.45) is 1.59. The number of aromatic amines is 1. The van der Waals surface area contributed by atoms with E-state index in [0.29, 0.717) is 16.8 Å². The molecule has 18 heavy (non-hydrogen) atoms. The zero-order valence-corrected chi connectivity index (χ0v) is 10.8. The van der Waals surface area contributed by atoms with Crippen molar-refractivity contribution in [2.24, 2.45) is 0 Å². The van der Waals surface area contributed by atoms with Crippen molar-refractivity contribution >= 4 is 27.7 Å². The molecule has 0 saturated heterocycles. The number of aromatic nitrogens is 2. The van der Waals surface area contributed by atoms with Gasteiger partial charge < -0.3 is 0 Å². The van der Waals surface area contributed by atoms with Crippen LogP contribution in [0.1, 0.15) is 26.4 Å². The molecule has 0 atom stereocenters. The quantitative estimate of drug-likeness (QED) is 0.863. The van der Waals surface area contributed by atoms with Crippen molar-refractivity contribution < 1.29 is 9.59 Å². The van der Waals surface area contributed by atoms with Crippen molar-refractivity contribution in [3.8, 4) is 0 Å². The van der Waals surface area contributed by atoms with E-state index in [2.05, 4.69) is 26.1 Å². The summed E-state index contributed by atoms with van der Waals surface area (Å²) in [5.41, 5.74) is 1.61.